The molecule has 1 aromatic rings. The quantitative estimate of drug-likeness (QED) is 0.347. The van der Waals surface area contributed by atoms with Crippen LogP contribution in [0, 0.1) is 10.1 Å². The maximum Gasteiger partial charge on any atom is 1.00 e. The van der Waals surface area contributed by atoms with E-state index in [1.54, 1.807) is 0 Å². The van der Waals surface area contributed by atoms with Gasteiger partial charge in [0, 0.05) is 5.56 Å². The fraction of sp³-hybridized carbons (Fsp3) is 0.500. The summed E-state index contributed by atoms with van der Waals surface area (Å²) in [6, 6.07) is 2.50. The Morgan fingerprint density at radius 1 is 1.37 bits per heavy atom. The van der Waals surface area contributed by atoms with Gasteiger partial charge in [-0.15, -0.1) is 0 Å². The average Bonchev–Trinajstić information content (AvgIpc) is 2.28. The molecular weight excluding hydrogens is 259 g/mol. The van der Waals surface area contributed by atoms with Crippen molar-refractivity contribution in [3.63, 3.8) is 0 Å². The van der Waals surface area contributed by atoms with Crippen LogP contribution in [0.15, 0.2) is 12.1 Å². The molecule has 7 heteroatoms. The second-order valence-corrected chi connectivity index (χ2v) is 4.30. The first kappa shape index (κ1) is 18.2. The van der Waals surface area contributed by atoms with E-state index in [4.69, 9.17) is 4.74 Å². The molecular formula is C12H17N2NaO4. The minimum Gasteiger partial charge on any atom is -0.870 e. The molecule has 0 saturated carbocycles. The summed E-state index contributed by atoms with van der Waals surface area (Å²) in [5, 5.41) is 22.5. The molecule has 19 heavy (non-hydrogen) atoms. The van der Waals surface area contributed by atoms with E-state index in [-0.39, 0.29) is 46.7 Å². The summed E-state index contributed by atoms with van der Waals surface area (Å²) in [5.74, 6) is -0.305. The summed E-state index contributed by atoms with van der Waals surface area (Å²) < 4.78 is 4.81. The third-order valence-electron chi connectivity index (χ3n) is 2.61. The molecule has 0 radical (unpaired) electrons. The number of aryl methyl sites for hydroxylation is 1. The fourth-order valence-corrected chi connectivity index (χ4v) is 1.71. The first-order valence-electron chi connectivity index (χ1n) is 5.62. The van der Waals surface area contributed by atoms with E-state index < -0.39 is 4.92 Å². The molecule has 0 unspecified atom stereocenters. The van der Waals surface area contributed by atoms with E-state index in [0.717, 1.165) is 13.0 Å². The SMILES string of the molecule is COc1cc([N+](=O)[O-])c(CCCN(C)C)cc1[O-].[Na+]. The Bertz CT molecular complexity index is 438. The van der Waals surface area contributed by atoms with Gasteiger partial charge in [-0.25, -0.2) is 0 Å². The number of methoxy groups -OCH3 is 1. The largest absolute Gasteiger partial charge is 1.00 e. The van der Waals surface area contributed by atoms with Crippen LogP contribution >= 0.6 is 0 Å². The van der Waals surface area contributed by atoms with Crippen molar-refractivity contribution in [3.05, 3.63) is 27.8 Å². The third-order valence-corrected chi connectivity index (χ3v) is 2.61. The van der Waals surface area contributed by atoms with Gasteiger partial charge in [-0.1, -0.05) is 11.8 Å². The Morgan fingerprint density at radius 3 is 2.47 bits per heavy atom. The molecule has 0 heterocycles. The standard InChI is InChI=1S/C12H18N2O4.Na/c1-13(2)6-4-5-9-7-11(15)12(18-3)8-10(9)14(16)17;/h7-8,15H,4-6H2,1-3H3;/q;+1/p-1. The number of ether oxygens (including phenoxy) is 1. The molecule has 0 fully saturated rings. The zero-order chi connectivity index (χ0) is 13.7. The van der Waals surface area contributed by atoms with Crippen molar-refractivity contribution in [2.45, 2.75) is 12.8 Å². The van der Waals surface area contributed by atoms with Gasteiger partial charge >= 0.3 is 29.6 Å². The number of rotatable bonds is 6. The van der Waals surface area contributed by atoms with Crippen molar-refractivity contribution in [1.82, 2.24) is 4.90 Å². The Morgan fingerprint density at radius 2 is 2.00 bits per heavy atom. The predicted molar refractivity (Wildman–Crippen MR) is 66.0 cm³/mol. The van der Waals surface area contributed by atoms with Crippen LogP contribution in [0.1, 0.15) is 12.0 Å². The Hall–Kier alpha value is -0.820. The van der Waals surface area contributed by atoms with Gasteiger partial charge in [0.2, 0.25) is 0 Å². The molecule has 0 atom stereocenters. The molecule has 0 aromatic heterocycles. The maximum absolute atomic E-state index is 11.6. The van der Waals surface area contributed by atoms with Crippen molar-refractivity contribution in [1.29, 1.82) is 0 Å². The van der Waals surface area contributed by atoms with E-state index in [1.165, 1.54) is 19.2 Å². The van der Waals surface area contributed by atoms with Gasteiger partial charge in [0.25, 0.3) is 5.69 Å². The number of hydrogen-bond donors (Lipinski definition) is 0. The Balaban J connectivity index is 0.00000324. The van der Waals surface area contributed by atoms with Crippen LogP contribution in [0.3, 0.4) is 0 Å². The molecule has 100 valence electrons. The average molecular weight is 276 g/mol. The minimum atomic E-state index is -0.479. The van der Waals surface area contributed by atoms with Crippen molar-refractivity contribution in [2.75, 3.05) is 27.7 Å². The number of benzene rings is 1. The first-order chi connectivity index (χ1) is 8.45. The zero-order valence-electron chi connectivity index (χ0n) is 11.8. The van der Waals surface area contributed by atoms with Crippen LogP contribution in [0.5, 0.6) is 11.5 Å². The predicted octanol–water partition coefficient (Wildman–Crippen LogP) is -1.82. The summed E-state index contributed by atoms with van der Waals surface area (Å²) in [6.45, 7) is 0.817. The summed E-state index contributed by atoms with van der Waals surface area (Å²) in [6.07, 6.45) is 1.27. The maximum atomic E-state index is 11.6. The van der Waals surface area contributed by atoms with E-state index in [1.807, 2.05) is 19.0 Å². The first-order valence-corrected chi connectivity index (χ1v) is 5.62. The second-order valence-electron chi connectivity index (χ2n) is 4.30. The molecule has 0 aliphatic rings. The number of nitro groups is 1. The van der Waals surface area contributed by atoms with Gasteiger partial charge in [0.05, 0.1) is 18.1 Å². The van der Waals surface area contributed by atoms with E-state index in [9.17, 15) is 15.2 Å². The number of nitro benzene ring substituents is 1. The van der Waals surface area contributed by atoms with Gasteiger partial charge in [0.1, 0.15) is 5.75 Å². The molecule has 1 rings (SSSR count). The monoisotopic (exact) mass is 276 g/mol. The second kappa shape index (κ2) is 8.37. The Kier molecular flexibility index (Phi) is 8.01. The smallest absolute Gasteiger partial charge is 0.870 e. The molecule has 0 aliphatic heterocycles. The summed E-state index contributed by atoms with van der Waals surface area (Å²) in [7, 11) is 5.19. The van der Waals surface area contributed by atoms with E-state index in [2.05, 4.69) is 0 Å². The topological polar surface area (TPSA) is 78.7 Å². The van der Waals surface area contributed by atoms with Crippen LogP contribution in [-0.2, 0) is 6.42 Å². The molecule has 0 saturated heterocycles. The number of nitrogens with zero attached hydrogens (tertiary/aromatic N) is 2. The third kappa shape index (κ3) is 5.36. The van der Waals surface area contributed by atoms with Gasteiger partial charge in [-0.3, -0.25) is 10.1 Å². The fourth-order valence-electron chi connectivity index (χ4n) is 1.71. The van der Waals surface area contributed by atoms with Gasteiger partial charge in [-0.2, -0.15) is 0 Å². The van der Waals surface area contributed by atoms with E-state index in [0.29, 0.717) is 12.0 Å². The van der Waals surface area contributed by atoms with E-state index >= 15 is 0 Å². The van der Waals surface area contributed by atoms with Gasteiger partial charge < -0.3 is 14.7 Å². The normalized spacial score (nSPS) is 10.1. The van der Waals surface area contributed by atoms with Crippen molar-refractivity contribution in [3.8, 4) is 11.5 Å². The molecule has 0 aliphatic carbocycles. The molecule has 0 amide bonds. The Labute approximate surface area is 134 Å². The number of hydrogen-bond acceptors (Lipinski definition) is 5. The van der Waals surface area contributed by atoms with Crippen LogP contribution < -0.4 is 39.4 Å². The molecule has 0 bridgehead atoms. The van der Waals surface area contributed by atoms with Crippen LogP contribution in [0.4, 0.5) is 5.69 Å². The zero-order valence-corrected chi connectivity index (χ0v) is 13.8. The van der Waals surface area contributed by atoms with Crippen molar-refractivity contribution in [2.24, 2.45) is 0 Å². The molecule has 6 nitrogen and oxygen atoms in total. The van der Waals surface area contributed by atoms with Crippen molar-refractivity contribution >= 4 is 5.69 Å². The van der Waals surface area contributed by atoms with Crippen LogP contribution in [0.2, 0.25) is 0 Å². The van der Waals surface area contributed by atoms with Crippen molar-refractivity contribution < 1.29 is 44.3 Å². The van der Waals surface area contributed by atoms with Gasteiger partial charge in [0.15, 0.2) is 0 Å². The molecule has 0 spiro atoms. The van der Waals surface area contributed by atoms with Crippen LogP contribution in [-0.4, -0.2) is 37.6 Å². The van der Waals surface area contributed by atoms with Gasteiger partial charge in [-0.05, 0) is 33.5 Å². The molecule has 0 N–H and O–H groups in total. The summed E-state index contributed by atoms with van der Waals surface area (Å²) in [4.78, 5) is 12.5. The van der Waals surface area contributed by atoms with Crippen LogP contribution in [0.25, 0.3) is 0 Å². The minimum absolute atomic E-state index is 0. The molecule has 1 aromatic carbocycles. The summed E-state index contributed by atoms with van der Waals surface area (Å²) in [5.41, 5.74) is 0.415. The summed E-state index contributed by atoms with van der Waals surface area (Å²) >= 11 is 0.